The number of halogens is 1. The Bertz CT molecular complexity index is 943. The number of ether oxygens (including phenoxy) is 1. The predicted octanol–water partition coefficient (Wildman–Crippen LogP) is 1.03. The average Bonchev–Trinajstić information content (AvgIpc) is 2.97. The van der Waals surface area contributed by atoms with E-state index in [-0.39, 0.29) is 29.3 Å². The number of H-pyrrole nitrogens is 1. The van der Waals surface area contributed by atoms with Crippen molar-refractivity contribution >= 4 is 30.2 Å². The normalized spacial score (nSPS) is 28.3. The van der Waals surface area contributed by atoms with Gasteiger partial charge in [0.2, 0.25) is 0 Å². The van der Waals surface area contributed by atoms with Crippen LogP contribution in [0.1, 0.15) is 59.6 Å². The number of aromatic nitrogens is 2. The van der Waals surface area contributed by atoms with Crippen molar-refractivity contribution < 1.29 is 34.0 Å². The first-order valence-corrected chi connectivity index (χ1v) is 12.7. The van der Waals surface area contributed by atoms with Crippen molar-refractivity contribution in [1.82, 2.24) is 9.55 Å². The standard InChI is InChI=1S/C18H30IN2O9P/c1-5-17(4,26)31(27,28)30-18(6-2,7-3)8-11-12(22)13(23)15(29-11)21-9-10(19)14(24)20-16(21)25/h9,11-13,15,22-23,26H,5-8H2,1-4H3,(H,27,28)(H,20,24,25)/t11-,12-,13-,15-,17-/m1/s1. The largest absolute Gasteiger partial charge is 0.388 e. The third-order valence-electron chi connectivity index (χ3n) is 5.99. The van der Waals surface area contributed by atoms with Crippen LogP contribution in [0.2, 0.25) is 0 Å². The maximum Gasteiger partial charge on any atom is 0.359 e. The number of nitrogens with zero attached hydrogens (tertiary/aromatic N) is 1. The Morgan fingerprint density at radius 3 is 2.32 bits per heavy atom. The summed E-state index contributed by atoms with van der Waals surface area (Å²) in [7, 11) is -4.48. The Balaban J connectivity index is 2.33. The second-order valence-corrected chi connectivity index (χ2v) is 11.3. The van der Waals surface area contributed by atoms with Crippen molar-refractivity contribution in [2.45, 2.75) is 88.9 Å². The van der Waals surface area contributed by atoms with Gasteiger partial charge in [0.15, 0.2) is 11.6 Å². The molecule has 0 radical (unpaired) electrons. The fourth-order valence-corrected chi connectivity index (χ4v) is 5.30. The quantitative estimate of drug-likeness (QED) is 0.213. The van der Waals surface area contributed by atoms with Crippen LogP contribution >= 0.6 is 30.2 Å². The van der Waals surface area contributed by atoms with E-state index in [1.54, 1.807) is 43.4 Å². The Morgan fingerprint density at radius 2 is 1.81 bits per heavy atom. The van der Waals surface area contributed by atoms with Crippen molar-refractivity contribution in [3.8, 4) is 0 Å². The maximum atomic E-state index is 12.8. The minimum atomic E-state index is -4.48. The second-order valence-electron chi connectivity index (χ2n) is 7.97. The number of aromatic amines is 1. The first-order valence-electron chi connectivity index (χ1n) is 10.0. The summed E-state index contributed by atoms with van der Waals surface area (Å²) in [6.07, 6.45) is -3.57. The van der Waals surface area contributed by atoms with E-state index in [1.807, 2.05) is 0 Å². The number of aliphatic hydroxyl groups is 3. The molecule has 1 saturated heterocycles. The molecule has 0 aliphatic carbocycles. The van der Waals surface area contributed by atoms with Gasteiger partial charge < -0.3 is 24.9 Å². The summed E-state index contributed by atoms with van der Waals surface area (Å²) in [5.41, 5.74) is -2.64. The molecular weight excluding hydrogens is 546 g/mol. The molecule has 1 aromatic heterocycles. The highest BCUT2D eigenvalue weighted by molar-refractivity contribution is 14.1. The van der Waals surface area contributed by atoms with Crippen LogP contribution in [0.15, 0.2) is 15.8 Å². The molecule has 6 atom stereocenters. The van der Waals surface area contributed by atoms with E-state index in [1.165, 1.54) is 13.1 Å². The van der Waals surface area contributed by atoms with Crippen LogP contribution in [-0.4, -0.2) is 59.0 Å². The van der Waals surface area contributed by atoms with Crippen LogP contribution in [0.5, 0.6) is 0 Å². The molecule has 1 aliphatic rings. The highest BCUT2D eigenvalue weighted by Crippen LogP contribution is 2.59. The van der Waals surface area contributed by atoms with Gasteiger partial charge in [-0.1, -0.05) is 20.8 Å². The van der Waals surface area contributed by atoms with Crippen LogP contribution in [0, 0.1) is 3.57 Å². The number of hydrogen-bond donors (Lipinski definition) is 5. The predicted molar refractivity (Wildman–Crippen MR) is 120 cm³/mol. The Labute approximate surface area is 193 Å². The van der Waals surface area contributed by atoms with Gasteiger partial charge in [-0.15, -0.1) is 0 Å². The van der Waals surface area contributed by atoms with Gasteiger partial charge in [0.05, 0.1) is 15.3 Å². The van der Waals surface area contributed by atoms with Gasteiger partial charge in [-0.05, 0) is 48.8 Å². The molecule has 0 bridgehead atoms. The van der Waals surface area contributed by atoms with E-state index in [0.717, 1.165) is 4.57 Å². The molecule has 1 unspecified atom stereocenters. The lowest BCUT2D eigenvalue weighted by atomic mass is 9.88. The lowest BCUT2D eigenvalue weighted by Gasteiger charge is -2.39. The zero-order valence-corrected chi connectivity index (χ0v) is 20.9. The molecule has 0 saturated carbocycles. The van der Waals surface area contributed by atoms with E-state index in [4.69, 9.17) is 9.26 Å². The SMILES string of the molecule is CCC(CC)(C[C@H]1O[C@@H](n2cc(I)c(=O)[nH]c2=O)[C@H](O)[C@@H]1O)OP(=O)(O)[C@@](C)(O)CC. The van der Waals surface area contributed by atoms with Crippen LogP contribution in [-0.2, 0) is 13.8 Å². The summed E-state index contributed by atoms with van der Waals surface area (Å²) >= 11 is 1.72. The molecule has 2 heterocycles. The van der Waals surface area contributed by atoms with Crippen molar-refractivity contribution in [2.75, 3.05) is 0 Å². The molecule has 0 amide bonds. The summed E-state index contributed by atoms with van der Waals surface area (Å²) < 4.78 is 25.3. The van der Waals surface area contributed by atoms with Crippen molar-refractivity contribution in [3.05, 3.63) is 30.6 Å². The van der Waals surface area contributed by atoms with Gasteiger partial charge in [-0.25, -0.2) is 4.79 Å². The van der Waals surface area contributed by atoms with Crippen LogP contribution in [0.25, 0.3) is 0 Å². The van der Waals surface area contributed by atoms with Crippen LogP contribution < -0.4 is 11.2 Å². The molecule has 5 N–H and O–H groups in total. The van der Waals surface area contributed by atoms with Crippen molar-refractivity contribution in [2.24, 2.45) is 0 Å². The third-order valence-corrected chi connectivity index (χ3v) is 8.93. The Kier molecular flexibility index (Phi) is 8.35. The first kappa shape index (κ1) is 26.7. The molecule has 0 spiro atoms. The smallest absolute Gasteiger partial charge is 0.359 e. The summed E-state index contributed by atoms with van der Waals surface area (Å²) in [6.45, 7) is 6.23. The van der Waals surface area contributed by atoms with E-state index >= 15 is 0 Å². The minimum Gasteiger partial charge on any atom is -0.388 e. The third kappa shape index (κ3) is 5.32. The average molecular weight is 576 g/mol. The van der Waals surface area contributed by atoms with E-state index < -0.39 is 54.3 Å². The summed E-state index contributed by atoms with van der Waals surface area (Å²) in [5.74, 6) is 0. The zero-order chi connectivity index (χ0) is 23.8. The second kappa shape index (κ2) is 9.72. The highest BCUT2D eigenvalue weighted by Gasteiger charge is 2.51. The van der Waals surface area contributed by atoms with Gasteiger partial charge in [0.1, 0.15) is 12.2 Å². The van der Waals surface area contributed by atoms with Crippen LogP contribution in [0.3, 0.4) is 0 Å². The van der Waals surface area contributed by atoms with Gasteiger partial charge in [-0.3, -0.25) is 23.4 Å². The number of hydrogen-bond acceptors (Lipinski definition) is 8. The molecule has 2 rings (SSSR count). The fourth-order valence-electron chi connectivity index (χ4n) is 3.41. The molecule has 0 aromatic carbocycles. The highest BCUT2D eigenvalue weighted by atomic mass is 127. The lowest BCUT2D eigenvalue weighted by Crippen LogP contribution is -2.41. The molecule has 11 nitrogen and oxygen atoms in total. The monoisotopic (exact) mass is 576 g/mol. The number of rotatable bonds is 9. The molecule has 1 aromatic rings. The topological polar surface area (TPSA) is 171 Å². The molecule has 178 valence electrons. The molecule has 13 heteroatoms. The van der Waals surface area contributed by atoms with E-state index in [0.29, 0.717) is 0 Å². The molecular formula is C18H30IN2O9P. The van der Waals surface area contributed by atoms with E-state index in [9.17, 15) is 34.4 Å². The maximum absolute atomic E-state index is 12.8. The summed E-state index contributed by atoms with van der Waals surface area (Å²) in [5, 5.41) is 29.4. The van der Waals surface area contributed by atoms with Gasteiger partial charge >= 0.3 is 13.3 Å². The minimum absolute atomic E-state index is 0.0125. The molecule has 31 heavy (non-hydrogen) atoms. The van der Waals surface area contributed by atoms with Gasteiger partial charge in [0, 0.05) is 12.6 Å². The van der Waals surface area contributed by atoms with Crippen molar-refractivity contribution in [1.29, 1.82) is 0 Å². The summed E-state index contributed by atoms with van der Waals surface area (Å²) in [6, 6.07) is 0. The lowest BCUT2D eigenvalue weighted by molar-refractivity contribution is -0.0775. The Morgan fingerprint density at radius 1 is 1.23 bits per heavy atom. The number of nitrogens with one attached hydrogen (secondary N) is 1. The van der Waals surface area contributed by atoms with Crippen LogP contribution in [0.4, 0.5) is 0 Å². The molecule has 1 aliphatic heterocycles. The first-order chi connectivity index (χ1) is 14.2. The van der Waals surface area contributed by atoms with Gasteiger partial charge in [-0.2, -0.15) is 0 Å². The summed E-state index contributed by atoms with van der Waals surface area (Å²) in [4.78, 5) is 36.3. The van der Waals surface area contributed by atoms with Gasteiger partial charge in [0.25, 0.3) is 5.56 Å². The molecule has 1 fully saturated rings. The Hall–Kier alpha value is -0.600. The number of aliphatic hydroxyl groups excluding tert-OH is 2. The van der Waals surface area contributed by atoms with E-state index in [2.05, 4.69) is 4.98 Å². The fraction of sp³-hybridized carbons (Fsp3) is 0.778. The zero-order valence-electron chi connectivity index (χ0n) is 17.8. The van der Waals surface area contributed by atoms with Crippen molar-refractivity contribution in [3.63, 3.8) is 0 Å².